The van der Waals surface area contributed by atoms with Gasteiger partial charge in [0, 0.05) is 13.0 Å². The lowest BCUT2D eigenvalue weighted by Gasteiger charge is -2.23. The largest absolute Gasteiger partial charge is 0.472 e. The average Bonchev–Trinajstić information content (AvgIpc) is 3.09. The maximum atomic E-state index is 12.7. The fraction of sp³-hybridized carbons (Fsp3) is 0.675. The van der Waals surface area contributed by atoms with Gasteiger partial charge in [-0.15, -0.1) is 0 Å². The van der Waals surface area contributed by atoms with Crippen molar-refractivity contribution < 1.29 is 28.4 Å². The fourth-order valence-corrected chi connectivity index (χ4v) is 5.64. The van der Waals surface area contributed by atoms with Gasteiger partial charge >= 0.3 is 7.82 Å². The Kier molecular flexibility index (Phi) is 34.3. The molecule has 0 fully saturated rings. The standard InChI is InChI=1S/C40H71N2O6P/c1-3-5-7-9-11-13-15-17-18-19-20-22-23-25-27-29-31-33-39(43)38(37-48-49(45,46)47-36-35-41)42-40(44)34-32-30-28-26-24-21-16-14-12-10-8-6-4-2/h6,8,12,14,18-19,21,23-25,31,33,38-39,43H,3-5,7,9-11,13,15-17,20,22,26-30,32,34-37,41H2,1-2H3,(H,42,44)(H,45,46)/b8-6-,14-12-,19-18+,24-21-,25-23+,33-31+. The normalized spacial score (nSPS) is 15.1. The smallest absolute Gasteiger partial charge is 0.387 e. The van der Waals surface area contributed by atoms with Crippen LogP contribution in [0.1, 0.15) is 142 Å². The average molecular weight is 707 g/mol. The molecule has 0 aromatic rings. The van der Waals surface area contributed by atoms with Crippen LogP contribution >= 0.6 is 7.82 Å². The van der Waals surface area contributed by atoms with Crippen LogP contribution in [0.3, 0.4) is 0 Å². The van der Waals surface area contributed by atoms with Crippen molar-refractivity contribution in [3.05, 3.63) is 72.9 Å². The number of phosphoric ester groups is 1. The molecule has 3 atom stereocenters. The van der Waals surface area contributed by atoms with E-state index in [2.05, 4.69) is 79.9 Å². The Labute approximate surface area is 299 Å². The number of aliphatic hydroxyl groups excluding tert-OH is 1. The van der Waals surface area contributed by atoms with Crippen molar-refractivity contribution in [3.63, 3.8) is 0 Å². The Balaban J connectivity index is 4.46. The third kappa shape index (κ3) is 34.2. The van der Waals surface area contributed by atoms with Gasteiger partial charge in [-0.25, -0.2) is 4.57 Å². The van der Waals surface area contributed by atoms with E-state index in [-0.39, 0.29) is 25.7 Å². The number of rotatable bonds is 34. The van der Waals surface area contributed by atoms with Crippen LogP contribution in [0.15, 0.2) is 72.9 Å². The van der Waals surface area contributed by atoms with Gasteiger partial charge < -0.3 is 21.1 Å². The number of aliphatic hydroxyl groups is 1. The molecule has 0 aromatic carbocycles. The van der Waals surface area contributed by atoms with Crippen LogP contribution in [0.5, 0.6) is 0 Å². The Morgan fingerprint density at radius 3 is 1.82 bits per heavy atom. The summed E-state index contributed by atoms with van der Waals surface area (Å²) in [7, 11) is -4.36. The number of hydrogen-bond acceptors (Lipinski definition) is 6. The Morgan fingerprint density at radius 1 is 0.694 bits per heavy atom. The van der Waals surface area contributed by atoms with Crippen molar-refractivity contribution in [2.45, 2.75) is 154 Å². The summed E-state index contributed by atoms with van der Waals surface area (Å²) in [5.74, 6) is -0.242. The molecule has 3 unspecified atom stereocenters. The molecule has 0 aliphatic carbocycles. The zero-order valence-corrected chi connectivity index (χ0v) is 31.8. The molecule has 0 radical (unpaired) electrons. The number of carbonyl (C=O) groups is 1. The molecule has 1 amide bonds. The molecule has 49 heavy (non-hydrogen) atoms. The minimum atomic E-state index is -4.36. The molecule has 282 valence electrons. The van der Waals surface area contributed by atoms with Gasteiger partial charge in [-0.1, -0.05) is 132 Å². The maximum absolute atomic E-state index is 12.7. The van der Waals surface area contributed by atoms with Crippen molar-refractivity contribution in [1.29, 1.82) is 0 Å². The number of amides is 1. The van der Waals surface area contributed by atoms with Gasteiger partial charge in [0.15, 0.2) is 0 Å². The van der Waals surface area contributed by atoms with E-state index in [9.17, 15) is 19.4 Å². The first-order chi connectivity index (χ1) is 23.9. The molecule has 0 bridgehead atoms. The highest BCUT2D eigenvalue weighted by atomic mass is 31.2. The minimum Gasteiger partial charge on any atom is -0.387 e. The molecular weight excluding hydrogens is 635 g/mol. The van der Waals surface area contributed by atoms with E-state index >= 15 is 0 Å². The molecule has 5 N–H and O–H groups in total. The van der Waals surface area contributed by atoms with Gasteiger partial charge in [0.25, 0.3) is 0 Å². The van der Waals surface area contributed by atoms with Crippen LogP contribution < -0.4 is 11.1 Å². The predicted molar refractivity (Wildman–Crippen MR) is 207 cm³/mol. The van der Waals surface area contributed by atoms with Gasteiger partial charge in [-0.2, -0.15) is 0 Å². The highest BCUT2D eigenvalue weighted by molar-refractivity contribution is 7.47. The quantitative estimate of drug-likeness (QED) is 0.0298. The first-order valence-electron chi connectivity index (χ1n) is 19.1. The molecule has 0 saturated heterocycles. The summed E-state index contributed by atoms with van der Waals surface area (Å²) in [4.78, 5) is 22.6. The van der Waals surface area contributed by atoms with Gasteiger partial charge in [0.05, 0.1) is 25.4 Å². The fourth-order valence-electron chi connectivity index (χ4n) is 4.88. The highest BCUT2D eigenvalue weighted by Gasteiger charge is 2.26. The number of unbranched alkanes of at least 4 members (excludes halogenated alkanes) is 12. The monoisotopic (exact) mass is 707 g/mol. The number of phosphoric acid groups is 1. The molecule has 8 nitrogen and oxygen atoms in total. The number of carbonyl (C=O) groups excluding carboxylic acids is 1. The van der Waals surface area contributed by atoms with Crippen molar-refractivity contribution in [2.75, 3.05) is 19.8 Å². The van der Waals surface area contributed by atoms with Gasteiger partial charge in [-0.3, -0.25) is 13.8 Å². The lowest BCUT2D eigenvalue weighted by molar-refractivity contribution is -0.123. The topological polar surface area (TPSA) is 131 Å². The summed E-state index contributed by atoms with van der Waals surface area (Å²) in [6.45, 7) is 3.93. The Morgan fingerprint density at radius 2 is 1.20 bits per heavy atom. The third-order valence-electron chi connectivity index (χ3n) is 7.74. The third-order valence-corrected chi connectivity index (χ3v) is 8.73. The Bertz CT molecular complexity index is 991. The molecular formula is C40H71N2O6P. The molecule has 0 aliphatic heterocycles. The predicted octanol–water partition coefficient (Wildman–Crippen LogP) is 10.1. The Hall–Kier alpha value is -2.06. The van der Waals surface area contributed by atoms with Crippen LogP contribution in [0.2, 0.25) is 0 Å². The molecule has 0 heterocycles. The zero-order valence-electron chi connectivity index (χ0n) is 30.9. The molecule has 0 saturated carbocycles. The molecule has 9 heteroatoms. The second-order valence-electron chi connectivity index (χ2n) is 12.4. The van der Waals surface area contributed by atoms with E-state index in [1.54, 1.807) is 6.08 Å². The maximum Gasteiger partial charge on any atom is 0.472 e. The SMILES string of the molecule is CC/C=C\C/C=C\C/C=C\CCCCCC(=O)NC(COP(=O)(O)OCCN)C(O)/C=C/CC/C=C/CC/C=C/CCCCCCCCC. The van der Waals surface area contributed by atoms with Crippen LogP contribution in [0.25, 0.3) is 0 Å². The highest BCUT2D eigenvalue weighted by Crippen LogP contribution is 2.43. The van der Waals surface area contributed by atoms with Gasteiger partial charge in [0.1, 0.15) is 0 Å². The molecule has 0 aromatic heterocycles. The summed E-state index contributed by atoms with van der Waals surface area (Å²) in [5.41, 5.74) is 5.35. The number of nitrogens with one attached hydrogen (secondary N) is 1. The minimum absolute atomic E-state index is 0.0632. The van der Waals surface area contributed by atoms with E-state index in [0.717, 1.165) is 64.2 Å². The van der Waals surface area contributed by atoms with Gasteiger partial charge in [-0.05, 0) is 77.0 Å². The van der Waals surface area contributed by atoms with Gasteiger partial charge in [0.2, 0.25) is 5.91 Å². The molecule has 0 rings (SSSR count). The van der Waals surface area contributed by atoms with E-state index in [1.165, 1.54) is 51.4 Å². The van der Waals surface area contributed by atoms with Crippen molar-refractivity contribution >= 4 is 13.7 Å². The number of allylic oxidation sites excluding steroid dienone is 11. The van der Waals surface area contributed by atoms with Crippen molar-refractivity contribution in [2.24, 2.45) is 5.73 Å². The van der Waals surface area contributed by atoms with Crippen LogP contribution in [-0.2, 0) is 18.4 Å². The summed E-state index contributed by atoms with van der Waals surface area (Å²) in [5, 5.41) is 13.6. The second-order valence-corrected chi connectivity index (χ2v) is 13.8. The lowest BCUT2D eigenvalue weighted by Crippen LogP contribution is -2.45. The molecule has 0 aliphatic rings. The first-order valence-corrected chi connectivity index (χ1v) is 20.6. The number of hydrogen-bond donors (Lipinski definition) is 4. The summed E-state index contributed by atoms with van der Waals surface area (Å²) in [6.07, 6.45) is 45.2. The molecule has 0 spiro atoms. The first kappa shape index (κ1) is 46.9. The summed E-state index contributed by atoms with van der Waals surface area (Å²) in [6, 6.07) is -0.900. The van der Waals surface area contributed by atoms with Crippen LogP contribution in [0.4, 0.5) is 0 Å². The van der Waals surface area contributed by atoms with Crippen LogP contribution in [0, 0.1) is 0 Å². The van der Waals surface area contributed by atoms with Crippen molar-refractivity contribution in [3.8, 4) is 0 Å². The number of nitrogens with two attached hydrogens (primary N) is 1. The van der Waals surface area contributed by atoms with Crippen LogP contribution in [-0.4, -0.2) is 47.8 Å². The van der Waals surface area contributed by atoms with Crippen molar-refractivity contribution in [1.82, 2.24) is 5.32 Å². The summed E-state index contributed by atoms with van der Waals surface area (Å²) >= 11 is 0. The van der Waals surface area contributed by atoms with E-state index in [4.69, 9.17) is 14.8 Å². The summed E-state index contributed by atoms with van der Waals surface area (Å²) < 4.78 is 22.0. The van der Waals surface area contributed by atoms with E-state index in [1.807, 2.05) is 6.08 Å². The second kappa shape index (κ2) is 35.8. The lowest BCUT2D eigenvalue weighted by atomic mass is 10.1. The van der Waals surface area contributed by atoms with E-state index in [0.29, 0.717) is 12.8 Å². The van der Waals surface area contributed by atoms with E-state index < -0.39 is 20.0 Å². The zero-order chi connectivity index (χ0) is 36.1.